The lowest BCUT2D eigenvalue weighted by Gasteiger charge is -1.77. The molecule has 0 aliphatic heterocycles. The molecule has 0 rings (SSSR count). The summed E-state index contributed by atoms with van der Waals surface area (Å²) in [5, 5.41) is 16.3. The lowest BCUT2D eigenvalue weighted by molar-refractivity contribution is 0.434. The molecule has 1 N–H and O–H groups in total. The highest BCUT2D eigenvalue weighted by atomic mass is 16.3. The maximum absolute atomic E-state index is 8.36. The predicted octanol–water partition coefficient (Wildman–Crippen LogP) is 1.36. The van der Waals surface area contributed by atoms with Gasteiger partial charge in [0.2, 0.25) is 0 Å². The minimum Gasteiger partial charge on any atom is -0.500 e. The van der Waals surface area contributed by atoms with Gasteiger partial charge in [0.1, 0.15) is 6.07 Å². The van der Waals surface area contributed by atoms with Crippen molar-refractivity contribution in [3.05, 3.63) is 11.8 Å². The van der Waals surface area contributed by atoms with Gasteiger partial charge in [-0.1, -0.05) is 6.92 Å². The third-order valence-corrected chi connectivity index (χ3v) is 0.512. The van der Waals surface area contributed by atoms with Crippen molar-refractivity contribution in [3.63, 3.8) is 0 Å². The Labute approximate surface area is 42.7 Å². The van der Waals surface area contributed by atoms with Crippen LogP contribution in [0.4, 0.5) is 0 Å². The third kappa shape index (κ3) is 2.84. The summed E-state index contributed by atoms with van der Waals surface area (Å²) < 4.78 is 0. The van der Waals surface area contributed by atoms with Crippen LogP contribution in [-0.2, 0) is 0 Å². The van der Waals surface area contributed by atoms with Crippen LogP contribution in [-0.4, -0.2) is 5.11 Å². The number of allylic oxidation sites excluding steroid dienone is 2. The molecule has 0 aliphatic rings. The number of aliphatic hydroxyl groups is 1. The monoisotopic (exact) mass is 97.1 g/mol. The topological polar surface area (TPSA) is 44.0 Å². The Morgan fingerprint density at radius 1 is 2.00 bits per heavy atom. The Morgan fingerprint density at radius 2 is 2.57 bits per heavy atom. The third-order valence-electron chi connectivity index (χ3n) is 0.512. The number of hydrogen-bond donors (Lipinski definition) is 1. The van der Waals surface area contributed by atoms with Crippen molar-refractivity contribution in [1.82, 2.24) is 0 Å². The smallest absolute Gasteiger partial charge is 0.190 e. The van der Waals surface area contributed by atoms with Crippen molar-refractivity contribution >= 4 is 0 Å². The predicted molar refractivity (Wildman–Crippen MR) is 26.6 cm³/mol. The molecule has 38 valence electrons. The van der Waals surface area contributed by atoms with Gasteiger partial charge in [-0.15, -0.1) is 0 Å². The fraction of sp³-hybridized carbons (Fsp3) is 0.400. The fourth-order valence-corrected chi connectivity index (χ4v) is 0.239. The second kappa shape index (κ2) is 3.23. The van der Waals surface area contributed by atoms with E-state index in [1.165, 1.54) is 6.08 Å². The molecule has 0 radical (unpaired) electrons. The standard InChI is InChI=1S/C5H7NO/c1-2-3-5(7)4-6/h3,7H,2H2,1H3/b5-3+. The number of aliphatic hydroxyl groups excluding tert-OH is 1. The molecule has 0 atom stereocenters. The van der Waals surface area contributed by atoms with Gasteiger partial charge in [-0.05, 0) is 12.5 Å². The van der Waals surface area contributed by atoms with E-state index in [2.05, 4.69) is 0 Å². The van der Waals surface area contributed by atoms with Crippen molar-refractivity contribution in [2.75, 3.05) is 0 Å². The van der Waals surface area contributed by atoms with E-state index in [0.29, 0.717) is 6.42 Å². The van der Waals surface area contributed by atoms with E-state index < -0.39 is 0 Å². The average Bonchev–Trinajstić information content (AvgIpc) is 1.68. The molecule has 7 heavy (non-hydrogen) atoms. The number of rotatable bonds is 1. The minimum atomic E-state index is -0.192. The first-order chi connectivity index (χ1) is 3.31. The zero-order chi connectivity index (χ0) is 5.70. The van der Waals surface area contributed by atoms with Crippen LogP contribution in [0.5, 0.6) is 0 Å². The first-order valence-electron chi connectivity index (χ1n) is 2.10. The van der Waals surface area contributed by atoms with Crippen molar-refractivity contribution in [2.45, 2.75) is 13.3 Å². The van der Waals surface area contributed by atoms with E-state index >= 15 is 0 Å². The molecular formula is C5H7NO. The average molecular weight is 97.1 g/mol. The minimum absolute atomic E-state index is 0.192. The summed E-state index contributed by atoms with van der Waals surface area (Å²) in [5.74, 6) is -0.192. The van der Waals surface area contributed by atoms with E-state index in [1.807, 2.05) is 6.92 Å². The second-order valence-electron chi connectivity index (χ2n) is 1.11. The van der Waals surface area contributed by atoms with Gasteiger partial charge in [-0.3, -0.25) is 0 Å². The van der Waals surface area contributed by atoms with Crippen LogP contribution < -0.4 is 0 Å². The van der Waals surface area contributed by atoms with Gasteiger partial charge in [0.15, 0.2) is 5.76 Å². The number of nitriles is 1. The molecule has 0 heterocycles. The molecule has 0 spiro atoms. The summed E-state index contributed by atoms with van der Waals surface area (Å²) in [7, 11) is 0. The summed E-state index contributed by atoms with van der Waals surface area (Å²) in [4.78, 5) is 0. The Kier molecular flexibility index (Phi) is 2.78. The summed E-state index contributed by atoms with van der Waals surface area (Å²) in [6, 6.07) is 1.58. The Hall–Kier alpha value is -0.970. The second-order valence-corrected chi connectivity index (χ2v) is 1.11. The lowest BCUT2D eigenvalue weighted by Crippen LogP contribution is -1.69. The van der Waals surface area contributed by atoms with Crippen LogP contribution in [0.15, 0.2) is 11.8 Å². The normalized spacial score (nSPS) is 10.6. The molecule has 0 unspecified atom stereocenters. The Balaban J connectivity index is 3.57. The molecule has 0 aliphatic carbocycles. The molecular weight excluding hydrogens is 90.1 g/mol. The van der Waals surface area contributed by atoms with E-state index in [0.717, 1.165) is 0 Å². The van der Waals surface area contributed by atoms with Crippen LogP contribution in [0.2, 0.25) is 0 Å². The molecule has 0 bridgehead atoms. The summed E-state index contributed by atoms with van der Waals surface area (Å²) in [5.41, 5.74) is 0. The summed E-state index contributed by atoms with van der Waals surface area (Å²) >= 11 is 0. The highest BCUT2D eigenvalue weighted by Gasteiger charge is 1.79. The van der Waals surface area contributed by atoms with Crippen LogP contribution in [0.25, 0.3) is 0 Å². The van der Waals surface area contributed by atoms with Crippen LogP contribution in [0.1, 0.15) is 13.3 Å². The van der Waals surface area contributed by atoms with Crippen LogP contribution in [0, 0.1) is 11.3 Å². The van der Waals surface area contributed by atoms with Crippen molar-refractivity contribution < 1.29 is 5.11 Å². The van der Waals surface area contributed by atoms with Crippen molar-refractivity contribution in [1.29, 1.82) is 5.26 Å². The molecule has 0 aromatic heterocycles. The van der Waals surface area contributed by atoms with E-state index in [1.54, 1.807) is 6.07 Å². The summed E-state index contributed by atoms with van der Waals surface area (Å²) in [6.07, 6.45) is 2.17. The maximum Gasteiger partial charge on any atom is 0.190 e. The molecule has 0 aromatic rings. The van der Waals surface area contributed by atoms with Gasteiger partial charge in [0, 0.05) is 0 Å². The number of hydrogen-bond acceptors (Lipinski definition) is 2. The zero-order valence-corrected chi connectivity index (χ0v) is 4.18. The van der Waals surface area contributed by atoms with Crippen LogP contribution in [0.3, 0.4) is 0 Å². The molecule has 2 nitrogen and oxygen atoms in total. The molecule has 0 saturated carbocycles. The van der Waals surface area contributed by atoms with Crippen molar-refractivity contribution in [3.8, 4) is 6.07 Å². The Morgan fingerprint density at radius 3 is 2.71 bits per heavy atom. The van der Waals surface area contributed by atoms with Gasteiger partial charge >= 0.3 is 0 Å². The number of nitrogens with zero attached hydrogens (tertiary/aromatic N) is 1. The van der Waals surface area contributed by atoms with Crippen LogP contribution >= 0.6 is 0 Å². The van der Waals surface area contributed by atoms with Gasteiger partial charge in [0.25, 0.3) is 0 Å². The van der Waals surface area contributed by atoms with Gasteiger partial charge < -0.3 is 5.11 Å². The van der Waals surface area contributed by atoms with Gasteiger partial charge in [-0.25, -0.2) is 0 Å². The zero-order valence-electron chi connectivity index (χ0n) is 4.18. The van der Waals surface area contributed by atoms with Gasteiger partial charge in [0.05, 0.1) is 0 Å². The maximum atomic E-state index is 8.36. The first-order valence-corrected chi connectivity index (χ1v) is 2.10. The van der Waals surface area contributed by atoms with E-state index in [4.69, 9.17) is 10.4 Å². The quantitative estimate of drug-likeness (QED) is 0.305. The van der Waals surface area contributed by atoms with Crippen molar-refractivity contribution in [2.24, 2.45) is 0 Å². The molecule has 2 heteroatoms. The summed E-state index contributed by atoms with van der Waals surface area (Å²) in [6.45, 7) is 1.85. The van der Waals surface area contributed by atoms with Gasteiger partial charge in [-0.2, -0.15) is 5.26 Å². The lowest BCUT2D eigenvalue weighted by atomic mass is 10.4. The SMILES string of the molecule is CC/C=C(/O)C#N. The molecule has 0 fully saturated rings. The highest BCUT2D eigenvalue weighted by molar-refractivity contribution is 5.10. The molecule has 0 aromatic carbocycles. The van der Waals surface area contributed by atoms with E-state index in [9.17, 15) is 0 Å². The fourth-order valence-electron chi connectivity index (χ4n) is 0.239. The Bertz CT molecular complexity index is 110. The first kappa shape index (κ1) is 6.03. The largest absolute Gasteiger partial charge is 0.500 e. The van der Waals surface area contributed by atoms with E-state index in [-0.39, 0.29) is 5.76 Å². The molecule has 0 saturated heterocycles. The highest BCUT2D eigenvalue weighted by Crippen LogP contribution is 1.85. The molecule has 0 amide bonds.